The molecule has 1 aliphatic carbocycles. The van der Waals surface area contributed by atoms with Crippen molar-refractivity contribution in [2.45, 2.75) is 38.7 Å². The van der Waals surface area contributed by atoms with Crippen LogP contribution in [0.1, 0.15) is 43.2 Å². The highest BCUT2D eigenvalue weighted by Gasteiger charge is 2.43. The van der Waals surface area contributed by atoms with Gasteiger partial charge in [0.15, 0.2) is 5.78 Å². The van der Waals surface area contributed by atoms with Crippen LogP contribution in [-0.4, -0.2) is 17.5 Å². The monoisotopic (exact) mass is 441 g/mol. The zero-order valence-corrected chi connectivity index (χ0v) is 18.0. The first-order chi connectivity index (χ1) is 14.5. The third-order valence-electron chi connectivity index (χ3n) is 5.62. The summed E-state index contributed by atoms with van der Waals surface area (Å²) in [5, 5.41) is 0.810. The summed E-state index contributed by atoms with van der Waals surface area (Å²) in [5.74, 6) is -1.54. The SMILES string of the molecule is CC1=NC2=C(C(=O)CCC2)[C@@H](c2ccc(Cl)c(Cl)c2)C1C(=O)OCc1ccccc1. The topological polar surface area (TPSA) is 55.7 Å². The number of ether oxygens (including phenoxy) is 1. The van der Waals surface area contributed by atoms with E-state index in [1.807, 2.05) is 43.3 Å². The van der Waals surface area contributed by atoms with E-state index in [1.54, 1.807) is 12.1 Å². The molecule has 0 bridgehead atoms. The predicted octanol–water partition coefficient (Wildman–Crippen LogP) is 5.92. The number of allylic oxidation sites excluding steroid dienone is 2. The van der Waals surface area contributed by atoms with Gasteiger partial charge >= 0.3 is 5.97 Å². The van der Waals surface area contributed by atoms with E-state index in [4.69, 9.17) is 27.9 Å². The molecule has 0 aromatic heterocycles. The Bertz CT molecular complexity index is 1060. The van der Waals surface area contributed by atoms with Crippen LogP contribution in [0, 0.1) is 5.92 Å². The van der Waals surface area contributed by atoms with Gasteiger partial charge in [-0.05, 0) is 43.0 Å². The molecule has 0 saturated heterocycles. The molecule has 4 nitrogen and oxygen atoms in total. The lowest BCUT2D eigenvalue weighted by atomic mass is 9.72. The molecule has 2 atom stereocenters. The highest BCUT2D eigenvalue weighted by molar-refractivity contribution is 6.42. The fraction of sp³-hybridized carbons (Fsp3) is 0.292. The molecule has 2 aromatic rings. The van der Waals surface area contributed by atoms with Crippen molar-refractivity contribution in [3.63, 3.8) is 0 Å². The summed E-state index contributed by atoms with van der Waals surface area (Å²) in [6.07, 6.45) is 1.95. The second-order valence-corrected chi connectivity index (χ2v) is 8.43. The number of carbonyl (C=O) groups is 2. The number of ketones is 1. The number of nitrogens with zero attached hydrogens (tertiary/aromatic N) is 1. The number of benzene rings is 2. The van der Waals surface area contributed by atoms with Crippen molar-refractivity contribution in [3.05, 3.63) is 81.0 Å². The first kappa shape index (κ1) is 20.8. The van der Waals surface area contributed by atoms with Crippen molar-refractivity contribution in [2.24, 2.45) is 10.9 Å². The van der Waals surface area contributed by atoms with Crippen LogP contribution in [0.2, 0.25) is 10.0 Å². The van der Waals surface area contributed by atoms with Crippen molar-refractivity contribution in [2.75, 3.05) is 0 Å². The molecule has 4 rings (SSSR count). The lowest BCUT2D eigenvalue weighted by Crippen LogP contribution is -2.37. The summed E-state index contributed by atoms with van der Waals surface area (Å²) in [6.45, 7) is 1.99. The summed E-state index contributed by atoms with van der Waals surface area (Å²) in [6, 6.07) is 14.7. The number of hydrogen-bond acceptors (Lipinski definition) is 4. The van der Waals surface area contributed by atoms with Crippen molar-refractivity contribution in [1.82, 2.24) is 0 Å². The van der Waals surface area contributed by atoms with Gasteiger partial charge in [0, 0.05) is 29.3 Å². The van der Waals surface area contributed by atoms with Crippen LogP contribution >= 0.6 is 23.2 Å². The minimum atomic E-state index is -0.688. The molecule has 0 amide bonds. The normalized spacial score (nSPS) is 21.2. The second-order valence-electron chi connectivity index (χ2n) is 7.61. The van der Waals surface area contributed by atoms with Crippen LogP contribution in [0.25, 0.3) is 0 Å². The number of carbonyl (C=O) groups excluding carboxylic acids is 2. The molecule has 2 aliphatic rings. The van der Waals surface area contributed by atoms with E-state index in [9.17, 15) is 9.59 Å². The van der Waals surface area contributed by atoms with Crippen molar-refractivity contribution < 1.29 is 14.3 Å². The third-order valence-corrected chi connectivity index (χ3v) is 6.35. The molecule has 0 saturated carbocycles. The van der Waals surface area contributed by atoms with E-state index in [-0.39, 0.29) is 12.4 Å². The van der Waals surface area contributed by atoms with Gasteiger partial charge in [0.1, 0.15) is 12.5 Å². The van der Waals surface area contributed by atoms with Gasteiger partial charge in [-0.2, -0.15) is 0 Å². The fourth-order valence-corrected chi connectivity index (χ4v) is 4.50. The molecule has 6 heteroatoms. The molecule has 0 N–H and O–H groups in total. The molecule has 1 heterocycles. The average Bonchev–Trinajstić information content (AvgIpc) is 2.74. The van der Waals surface area contributed by atoms with Gasteiger partial charge in [0.25, 0.3) is 0 Å². The molecule has 154 valence electrons. The minimum absolute atomic E-state index is 0.0319. The summed E-state index contributed by atoms with van der Waals surface area (Å²) in [4.78, 5) is 30.7. The minimum Gasteiger partial charge on any atom is -0.460 e. The van der Waals surface area contributed by atoms with E-state index >= 15 is 0 Å². The molecular weight excluding hydrogens is 421 g/mol. The zero-order valence-electron chi connectivity index (χ0n) is 16.5. The molecule has 1 aliphatic heterocycles. The Morgan fingerprint density at radius 2 is 1.87 bits per heavy atom. The lowest BCUT2D eigenvalue weighted by molar-refractivity contribution is -0.148. The number of rotatable bonds is 4. The van der Waals surface area contributed by atoms with Crippen LogP contribution in [0.15, 0.2) is 64.8 Å². The summed E-state index contributed by atoms with van der Waals surface area (Å²) in [5.41, 5.74) is 3.69. The highest BCUT2D eigenvalue weighted by atomic mass is 35.5. The van der Waals surface area contributed by atoms with Crippen LogP contribution in [0.5, 0.6) is 0 Å². The quantitative estimate of drug-likeness (QED) is 0.553. The Morgan fingerprint density at radius 1 is 1.10 bits per heavy atom. The lowest BCUT2D eigenvalue weighted by Gasteiger charge is -2.34. The highest BCUT2D eigenvalue weighted by Crippen LogP contribution is 2.44. The van der Waals surface area contributed by atoms with Crippen molar-refractivity contribution in [1.29, 1.82) is 0 Å². The van der Waals surface area contributed by atoms with Gasteiger partial charge in [-0.1, -0.05) is 59.6 Å². The largest absolute Gasteiger partial charge is 0.460 e. The maximum Gasteiger partial charge on any atom is 0.315 e. The third kappa shape index (κ3) is 4.07. The Labute approximate surface area is 185 Å². The number of Topliss-reactive ketones (excluding diaryl/α,β-unsaturated/α-hetero) is 1. The second kappa shape index (κ2) is 8.75. The molecular formula is C24H21Cl2NO3. The van der Waals surface area contributed by atoms with E-state index in [2.05, 4.69) is 4.99 Å². The van der Waals surface area contributed by atoms with Crippen LogP contribution in [0.4, 0.5) is 0 Å². The average molecular weight is 442 g/mol. The maximum atomic E-state index is 13.2. The number of aliphatic imine (C=N–C) groups is 1. The van der Waals surface area contributed by atoms with Gasteiger partial charge in [-0.25, -0.2) is 0 Å². The van der Waals surface area contributed by atoms with Gasteiger partial charge in [-0.15, -0.1) is 0 Å². The standard InChI is InChI=1S/C24H21Cl2NO3/c1-14-21(24(29)30-13-15-6-3-2-4-7-15)22(16-10-11-17(25)18(26)12-16)23-19(27-14)8-5-9-20(23)28/h2-4,6-7,10-12,21-22H,5,8-9,13H2,1H3/t21?,22-/m0/s1. The Morgan fingerprint density at radius 3 is 2.60 bits per heavy atom. The predicted molar refractivity (Wildman–Crippen MR) is 118 cm³/mol. The van der Waals surface area contributed by atoms with E-state index in [0.29, 0.717) is 27.8 Å². The molecule has 0 spiro atoms. The molecule has 1 unspecified atom stereocenters. The maximum absolute atomic E-state index is 13.2. The Hall–Kier alpha value is -2.43. The first-order valence-corrected chi connectivity index (χ1v) is 10.7. The van der Waals surface area contributed by atoms with Gasteiger partial charge in [0.05, 0.1) is 10.0 Å². The van der Waals surface area contributed by atoms with E-state index in [0.717, 1.165) is 29.7 Å². The summed E-state index contributed by atoms with van der Waals surface area (Å²) < 4.78 is 5.65. The zero-order chi connectivity index (χ0) is 21.3. The smallest absolute Gasteiger partial charge is 0.315 e. The molecule has 0 fully saturated rings. The summed E-state index contributed by atoms with van der Waals surface area (Å²) in [7, 11) is 0. The van der Waals surface area contributed by atoms with Crippen LogP contribution < -0.4 is 0 Å². The van der Waals surface area contributed by atoms with E-state index < -0.39 is 17.8 Å². The van der Waals surface area contributed by atoms with Crippen molar-refractivity contribution >= 4 is 40.7 Å². The van der Waals surface area contributed by atoms with Crippen LogP contribution in [0.3, 0.4) is 0 Å². The van der Waals surface area contributed by atoms with Crippen molar-refractivity contribution in [3.8, 4) is 0 Å². The van der Waals surface area contributed by atoms with E-state index in [1.165, 1.54) is 0 Å². The Balaban J connectivity index is 1.72. The molecule has 2 aromatic carbocycles. The molecule has 30 heavy (non-hydrogen) atoms. The van der Waals surface area contributed by atoms with Gasteiger partial charge in [-0.3, -0.25) is 14.6 Å². The summed E-state index contributed by atoms with van der Waals surface area (Å²) >= 11 is 12.4. The van der Waals surface area contributed by atoms with Gasteiger partial charge < -0.3 is 4.74 Å². The number of esters is 1. The Kier molecular flexibility index (Phi) is 6.07. The fourth-order valence-electron chi connectivity index (χ4n) is 4.20. The number of hydrogen-bond donors (Lipinski definition) is 0. The molecule has 0 radical (unpaired) electrons. The number of halogens is 2. The van der Waals surface area contributed by atoms with Gasteiger partial charge in [0.2, 0.25) is 0 Å². The van der Waals surface area contributed by atoms with Crippen LogP contribution in [-0.2, 0) is 20.9 Å². The first-order valence-electron chi connectivity index (χ1n) is 9.92.